The van der Waals surface area contributed by atoms with Gasteiger partial charge in [0.15, 0.2) is 0 Å². The lowest BCUT2D eigenvalue weighted by molar-refractivity contribution is -0.124. The molecule has 6 heteroatoms. The van der Waals surface area contributed by atoms with Crippen LogP contribution in [-0.4, -0.2) is 44.0 Å². The molecule has 0 rings (SSSR count). The van der Waals surface area contributed by atoms with Gasteiger partial charge in [0.25, 0.3) is 0 Å². The van der Waals surface area contributed by atoms with Gasteiger partial charge in [0, 0.05) is 17.8 Å². The van der Waals surface area contributed by atoms with Crippen LogP contribution in [0.3, 0.4) is 0 Å². The number of amides is 1. The van der Waals surface area contributed by atoms with Crippen molar-refractivity contribution < 1.29 is 13.2 Å². The molecule has 0 spiro atoms. The van der Waals surface area contributed by atoms with Crippen molar-refractivity contribution in [3.63, 3.8) is 0 Å². The minimum absolute atomic E-state index is 0.0279. The summed E-state index contributed by atoms with van der Waals surface area (Å²) in [5, 5.41) is 5.80. The molecule has 5 nitrogen and oxygen atoms in total. The maximum atomic E-state index is 11.7. The normalized spacial score (nSPS) is 16.4. The third-order valence-corrected chi connectivity index (χ3v) is 3.08. The third-order valence-electron chi connectivity index (χ3n) is 1.98. The van der Waals surface area contributed by atoms with E-state index < -0.39 is 15.9 Å². The summed E-state index contributed by atoms with van der Waals surface area (Å²) in [7, 11) is -3.02. The van der Waals surface area contributed by atoms with E-state index in [9.17, 15) is 13.2 Å². The number of sulfone groups is 1. The summed E-state index contributed by atoms with van der Waals surface area (Å²) in [5.41, 5.74) is -0.285. The molecule has 1 amide bonds. The molecule has 2 atom stereocenters. The molecule has 0 aromatic heterocycles. The van der Waals surface area contributed by atoms with Crippen molar-refractivity contribution in [3.8, 4) is 0 Å². The van der Waals surface area contributed by atoms with Crippen LogP contribution in [-0.2, 0) is 14.6 Å². The van der Waals surface area contributed by atoms with E-state index in [2.05, 4.69) is 10.6 Å². The zero-order valence-corrected chi connectivity index (χ0v) is 12.3. The molecule has 0 aliphatic rings. The largest absolute Gasteiger partial charge is 0.350 e. The van der Waals surface area contributed by atoms with Crippen LogP contribution in [0, 0.1) is 0 Å². The van der Waals surface area contributed by atoms with Crippen LogP contribution in [0.25, 0.3) is 0 Å². The van der Waals surface area contributed by atoms with Crippen molar-refractivity contribution in [1.29, 1.82) is 0 Å². The predicted molar refractivity (Wildman–Crippen MR) is 69.7 cm³/mol. The highest BCUT2D eigenvalue weighted by Gasteiger charge is 2.21. The first-order valence-electron chi connectivity index (χ1n) is 5.66. The van der Waals surface area contributed by atoms with Crippen molar-refractivity contribution in [2.24, 2.45) is 0 Å². The van der Waals surface area contributed by atoms with Gasteiger partial charge in [-0.05, 0) is 34.6 Å². The van der Waals surface area contributed by atoms with Crippen LogP contribution in [0.15, 0.2) is 0 Å². The molecule has 0 saturated heterocycles. The molecule has 0 saturated carbocycles. The average molecular weight is 264 g/mol. The van der Waals surface area contributed by atoms with Gasteiger partial charge in [-0.3, -0.25) is 4.79 Å². The first-order valence-corrected chi connectivity index (χ1v) is 7.72. The zero-order chi connectivity index (χ0) is 13.9. The quantitative estimate of drug-likeness (QED) is 0.749. The maximum absolute atomic E-state index is 11.7. The standard InChI is InChI=1S/C11H24N2O3S/c1-8(7-17(6,15)16)12-9(2)10(14)13-11(3,4)5/h8-9,12H,7H2,1-6H3,(H,13,14). The van der Waals surface area contributed by atoms with Gasteiger partial charge in [0.05, 0.1) is 11.8 Å². The minimum atomic E-state index is -3.02. The molecule has 0 fully saturated rings. The van der Waals surface area contributed by atoms with E-state index in [0.29, 0.717) is 0 Å². The van der Waals surface area contributed by atoms with Gasteiger partial charge in [0.1, 0.15) is 9.84 Å². The molecule has 2 unspecified atom stereocenters. The molecule has 17 heavy (non-hydrogen) atoms. The van der Waals surface area contributed by atoms with Gasteiger partial charge in [-0.1, -0.05) is 0 Å². The summed E-state index contributed by atoms with van der Waals surface area (Å²) < 4.78 is 22.2. The molecule has 0 bridgehead atoms. The van der Waals surface area contributed by atoms with Crippen LogP contribution in [0.1, 0.15) is 34.6 Å². The first kappa shape index (κ1) is 16.4. The third kappa shape index (κ3) is 9.12. The van der Waals surface area contributed by atoms with E-state index in [1.807, 2.05) is 20.8 Å². The van der Waals surface area contributed by atoms with Crippen LogP contribution < -0.4 is 10.6 Å². The molecule has 0 heterocycles. The fourth-order valence-corrected chi connectivity index (χ4v) is 2.49. The molecule has 0 radical (unpaired) electrons. The molecule has 0 aliphatic heterocycles. The average Bonchev–Trinajstić information content (AvgIpc) is 1.95. The van der Waals surface area contributed by atoms with Gasteiger partial charge in [0.2, 0.25) is 5.91 Å². The Bertz CT molecular complexity index is 357. The summed E-state index contributed by atoms with van der Waals surface area (Å²) in [6.45, 7) is 9.18. The van der Waals surface area contributed by atoms with Crippen LogP contribution in [0.5, 0.6) is 0 Å². The smallest absolute Gasteiger partial charge is 0.237 e. The molecular weight excluding hydrogens is 240 g/mol. The molecule has 0 aromatic rings. The number of rotatable bonds is 5. The second-order valence-electron chi connectivity index (χ2n) is 5.62. The Kier molecular flexibility index (Phi) is 5.61. The van der Waals surface area contributed by atoms with Crippen molar-refractivity contribution >= 4 is 15.7 Å². The van der Waals surface area contributed by atoms with Crippen LogP contribution >= 0.6 is 0 Å². The highest BCUT2D eigenvalue weighted by atomic mass is 32.2. The minimum Gasteiger partial charge on any atom is -0.350 e. The summed E-state index contributed by atoms with van der Waals surface area (Å²) in [6, 6.07) is -0.656. The molecular formula is C11H24N2O3S. The number of nitrogens with one attached hydrogen (secondary N) is 2. The second kappa shape index (κ2) is 5.82. The van der Waals surface area contributed by atoms with Crippen molar-refractivity contribution in [1.82, 2.24) is 10.6 Å². The van der Waals surface area contributed by atoms with Crippen LogP contribution in [0.2, 0.25) is 0 Å². The Morgan fingerprint density at radius 1 is 1.24 bits per heavy atom. The second-order valence-corrected chi connectivity index (χ2v) is 7.81. The first-order chi connectivity index (χ1) is 7.41. The van der Waals surface area contributed by atoms with E-state index in [-0.39, 0.29) is 23.2 Å². The van der Waals surface area contributed by atoms with E-state index >= 15 is 0 Å². The van der Waals surface area contributed by atoms with Crippen LogP contribution in [0.4, 0.5) is 0 Å². The highest BCUT2D eigenvalue weighted by Crippen LogP contribution is 2.00. The van der Waals surface area contributed by atoms with Gasteiger partial charge in [-0.2, -0.15) is 0 Å². The fourth-order valence-electron chi connectivity index (χ4n) is 1.48. The predicted octanol–water partition coefficient (Wildman–Crippen LogP) is 0.312. The van der Waals surface area contributed by atoms with Crippen molar-refractivity contribution in [2.75, 3.05) is 12.0 Å². The summed E-state index contributed by atoms with van der Waals surface area (Å²) in [5.74, 6) is -0.0991. The summed E-state index contributed by atoms with van der Waals surface area (Å²) in [4.78, 5) is 11.7. The Labute approximate surface area is 104 Å². The highest BCUT2D eigenvalue weighted by molar-refractivity contribution is 7.90. The lowest BCUT2D eigenvalue weighted by atomic mass is 10.1. The van der Waals surface area contributed by atoms with Gasteiger partial charge >= 0.3 is 0 Å². The van der Waals surface area contributed by atoms with Gasteiger partial charge in [-0.25, -0.2) is 8.42 Å². The maximum Gasteiger partial charge on any atom is 0.237 e. The lowest BCUT2D eigenvalue weighted by Crippen LogP contribution is -2.52. The zero-order valence-electron chi connectivity index (χ0n) is 11.5. The van der Waals surface area contributed by atoms with Gasteiger partial charge < -0.3 is 10.6 Å². The van der Waals surface area contributed by atoms with E-state index in [1.165, 1.54) is 6.26 Å². The Hall–Kier alpha value is -0.620. The Morgan fingerprint density at radius 3 is 2.06 bits per heavy atom. The topological polar surface area (TPSA) is 75.3 Å². The lowest BCUT2D eigenvalue weighted by Gasteiger charge is -2.25. The molecule has 0 aromatic carbocycles. The number of hydrogen-bond acceptors (Lipinski definition) is 4. The van der Waals surface area contributed by atoms with Crippen molar-refractivity contribution in [2.45, 2.75) is 52.2 Å². The van der Waals surface area contributed by atoms with Gasteiger partial charge in [-0.15, -0.1) is 0 Å². The Morgan fingerprint density at radius 2 is 1.71 bits per heavy atom. The van der Waals surface area contributed by atoms with E-state index in [4.69, 9.17) is 0 Å². The Balaban J connectivity index is 4.26. The monoisotopic (exact) mass is 264 g/mol. The summed E-state index contributed by atoms with van der Waals surface area (Å²) in [6.07, 6.45) is 1.19. The number of carbonyl (C=O) groups excluding carboxylic acids is 1. The molecule has 0 aliphatic carbocycles. The van der Waals surface area contributed by atoms with E-state index in [0.717, 1.165) is 0 Å². The molecule has 102 valence electrons. The SMILES string of the molecule is CC(CS(C)(=O)=O)NC(C)C(=O)NC(C)(C)C. The fraction of sp³-hybridized carbons (Fsp3) is 0.909. The van der Waals surface area contributed by atoms with E-state index in [1.54, 1.807) is 13.8 Å². The number of hydrogen-bond donors (Lipinski definition) is 2. The van der Waals surface area contributed by atoms with Crippen molar-refractivity contribution in [3.05, 3.63) is 0 Å². The summed E-state index contributed by atoms with van der Waals surface area (Å²) >= 11 is 0. The number of carbonyl (C=O) groups is 1. The molecule has 2 N–H and O–H groups in total.